The summed E-state index contributed by atoms with van der Waals surface area (Å²) in [4.78, 5) is 14.3. The first kappa shape index (κ1) is 23.5. The molecular weight excluding hydrogens is 443 g/mol. The van der Waals surface area contributed by atoms with Crippen LogP contribution in [0.25, 0.3) is 0 Å². The topological polar surface area (TPSA) is 66.9 Å². The number of benzene rings is 2. The lowest BCUT2D eigenvalue weighted by molar-refractivity contribution is 0.0783. The van der Waals surface area contributed by atoms with Gasteiger partial charge >= 0.3 is 0 Å². The monoisotopic (exact) mass is 468 g/mol. The van der Waals surface area contributed by atoms with Gasteiger partial charge in [-0.05, 0) is 43.2 Å². The van der Waals surface area contributed by atoms with Crippen LogP contribution >= 0.6 is 11.6 Å². The standard InChI is InChI=1S/C22H26ClFN2O4S/c1-25(15-17-18(23)8-7-9-19(17)24)22(27)16-10-11-20(30-2)21(14-16)31(28,29)26-12-5-3-4-6-13-26/h7-11,14H,3-6,12-13,15H2,1-2H3. The van der Waals surface area contributed by atoms with Crippen molar-refractivity contribution in [3.8, 4) is 5.75 Å². The zero-order chi connectivity index (χ0) is 22.6. The van der Waals surface area contributed by atoms with Crippen molar-refractivity contribution in [3.05, 3.63) is 58.4 Å². The molecule has 1 aliphatic rings. The van der Waals surface area contributed by atoms with Gasteiger partial charge < -0.3 is 9.64 Å². The highest BCUT2D eigenvalue weighted by Gasteiger charge is 2.29. The van der Waals surface area contributed by atoms with Crippen LogP contribution in [-0.4, -0.2) is 50.8 Å². The van der Waals surface area contributed by atoms with Gasteiger partial charge in [0.15, 0.2) is 0 Å². The molecule has 1 saturated heterocycles. The maximum atomic E-state index is 14.1. The Bertz CT molecular complexity index is 1030. The molecule has 2 aromatic rings. The number of ether oxygens (including phenoxy) is 1. The van der Waals surface area contributed by atoms with Gasteiger partial charge in [0, 0.05) is 42.8 Å². The minimum atomic E-state index is -3.83. The third kappa shape index (κ3) is 5.19. The largest absolute Gasteiger partial charge is 0.495 e. The fourth-order valence-electron chi connectivity index (χ4n) is 3.65. The normalized spacial score (nSPS) is 15.4. The van der Waals surface area contributed by atoms with Gasteiger partial charge in [-0.15, -0.1) is 0 Å². The Morgan fingerprint density at radius 1 is 1.16 bits per heavy atom. The first-order valence-corrected chi connectivity index (χ1v) is 11.9. The summed E-state index contributed by atoms with van der Waals surface area (Å²) in [5, 5.41) is 0.221. The number of rotatable bonds is 6. The second-order valence-corrected chi connectivity index (χ2v) is 9.86. The number of halogens is 2. The van der Waals surface area contributed by atoms with E-state index in [0.717, 1.165) is 25.7 Å². The minimum absolute atomic E-state index is 0.0416. The molecule has 0 aliphatic carbocycles. The zero-order valence-corrected chi connectivity index (χ0v) is 19.2. The summed E-state index contributed by atoms with van der Waals surface area (Å²) in [6.45, 7) is 0.829. The lowest BCUT2D eigenvalue weighted by Gasteiger charge is -2.23. The highest BCUT2D eigenvalue weighted by Crippen LogP contribution is 2.30. The maximum absolute atomic E-state index is 14.1. The minimum Gasteiger partial charge on any atom is -0.495 e. The van der Waals surface area contributed by atoms with Gasteiger partial charge in [0.1, 0.15) is 16.5 Å². The second kappa shape index (κ2) is 9.97. The molecule has 0 unspecified atom stereocenters. The van der Waals surface area contributed by atoms with Crippen molar-refractivity contribution in [3.63, 3.8) is 0 Å². The molecule has 0 bridgehead atoms. The summed E-state index contributed by atoms with van der Waals surface area (Å²) in [5.74, 6) is -0.777. The number of methoxy groups -OCH3 is 1. The van der Waals surface area contributed by atoms with E-state index in [1.807, 2.05) is 0 Å². The Balaban J connectivity index is 1.91. The number of amides is 1. The summed E-state index contributed by atoms with van der Waals surface area (Å²) in [7, 11) is -0.920. The molecule has 3 rings (SSSR count). The molecule has 1 heterocycles. The van der Waals surface area contributed by atoms with Gasteiger partial charge in [-0.25, -0.2) is 12.8 Å². The quantitative estimate of drug-likeness (QED) is 0.633. The highest BCUT2D eigenvalue weighted by molar-refractivity contribution is 7.89. The van der Waals surface area contributed by atoms with E-state index >= 15 is 0 Å². The van der Waals surface area contributed by atoms with Crippen LogP contribution in [0, 0.1) is 5.82 Å². The Kier molecular flexibility index (Phi) is 7.56. The Hall–Kier alpha value is -2.16. The van der Waals surface area contributed by atoms with E-state index in [2.05, 4.69) is 0 Å². The summed E-state index contributed by atoms with van der Waals surface area (Å²) >= 11 is 6.07. The van der Waals surface area contributed by atoms with Gasteiger partial charge in [0.2, 0.25) is 10.0 Å². The van der Waals surface area contributed by atoms with Crippen LogP contribution in [0.4, 0.5) is 4.39 Å². The van der Waals surface area contributed by atoms with Gasteiger partial charge in [-0.1, -0.05) is 30.5 Å². The lowest BCUT2D eigenvalue weighted by Crippen LogP contribution is -2.32. The molecule has 1 fully saturated rings. The molecule has 0 N–H and O–H groups in total. The van der Waals surface area contributed by atoms with E-state index in [-0.39, 0.29) is 33.3 Å². The number of hydrogen-bond acceptors (Lipinski definition) is 4. The highest BCUT2D eigenvalue weighted by atomic mass is 35.5. The van der Waals surface area contributed by atoms with Crippen LogP contribution in [0.1, 0.15) is 41.6 Å². The molecule has 0 radical (unpaired) electrons. The van der Waals surface area contributed by atoms with E-state index in [1.165, 1.54) is 53.7 Å². The van der Waals surface area contributed by atoms with Crippen molar-refractivity contribution in [2.24, 2.45) is 0 Å². The van der Waals surface area contributed by atoms with E-state index in [0.29, 0.717) is 13.1 Å². The van der Waals surface area contributed by atoms with Crippen molar-refractivity contribution >= 4 is 27.5 Å². The molecule has 1 amide bonds. The second-order valence-electron chi connectivity index (χ2n) is 7.55. The van der Waals surface area contributed by atoms with Crippen LogP contribution in [-0.2, 0) is 16.6 Å². The van der Waals surface area contributed by atoms with Gasteiger partial charge in [-0.2, -0.15) is 4.31 Å². The van der Waals surface area contributed by atoms with E-state index in [4.69, 9.17) is 16.3 Å². The lowest BCUT2D eigenvalue weighted by atomic mass is 10.1. The number of carbonyl (C=O) groups excluding carboxylic acids is 1. The van der Waals surface area contributed by atoms with E-state index < -0.39 is 21.7 Å². The average molecular weight is 469 g/mol. The zero-order valence-electron chi connectivity index (χ0n) is 17.6. The fourth-order valence-corrected chi connectivity index (χ4v) is 5.57. The average Bonchev–Trinajstić information content (AvgIpc) is 3.05. The van der Waals surface area contributed by atoms with Crippen molar-refractivity contribution < 1.29 is 22.3 Å². The van der Waals surface area contributed by atoms with Crippen LogP contribution in [0.5, 0.6) is 5.75 Å². The van der Waals surface area contributed by atoms with E-state index in [9.17, 15) is 17.6 Å². The maximum Gasteiger partial charge on any atom is 0.253 e. The number of hydrogen-bond donors (Lipinski definition) is 0. The van der Waals surface area contributed by atoms with Crippen molar-refractivity contribution in [1.82, 2.24) is 9.21 Å². The molecule has 0 saturated carbocycles. The van der Waals surface area contributed by atoms with Crippen LogP contribution in [0.3, 0.4) is 0 Å². The molecular formula is C22H26ClFN2O4S. The number of carbonyl (C=O) groups is 1. The smallest absolute Gasteiger partial charge is 0.253 e. The molecule has 0 atom stereocenters. The summed E-state index contributed by atoms with van der Waals surface area (Å²) < 4.78 is 47.4. The Morgan fingerprint density at radius 2 is 1.84 bits per heavy atom. The third-order valence-electron chi connectivity index (χ3n) is 5.40. The van der Waals surface area contributed by atoms with Crippen LogP contribution in [0.2, 0.25) is 5.02 Å². The number of sulfonamides is 1. The number of nitrogens with zero attached hydrogens (tertiary/aromatic N) is 2. The van der Waals surface area contributed by atoms with Crippen molar-refractivity contribution in [1.29, 1.82) is 0 Å². The molecule has 0 spiro atoms. The molecule has 31 heavy (non-hydrogen) atoms. The summed E-state index contributed by atoms with van der Waals surface area (Å²) in [5.41, 5.74) is 0.370. The summed E-state index contributed by atoms with van der Waals surface area (Å²) in [6.07, 6.45) is 3.58. The molecule has 9 heteroatoms. The predicted octanol–water partition coefficient (Wildman–Crippen LogP) is 4.32. The Labute approximate surface area is 187 Å². The van der Waals surface area contributed by atoms with E-state index in [1.54, 1.807) is 6.07 Å². The van der Waals surface area contributed by atoms with Gasteiger partial charge in [0.25, 0.3) is 5.91 Å². The Morgan fingerprint density at radius 3 is 2.45 bits per heavy atom. The van der Waals surface area contributed by atoms with Crippen molar-refractivity contribution in [2.75, 3.05) is 27.2 Å². The fraction of sp³-hybridized carbons (Fsp3) is 0.409. The van der Waals surface area contributed by atoms with Crippen LogP contribution in [0.15, 0.2) is 41.3 Å². The summed E-state index contributed by atoms with van der Waals surface area (Å²) in [6, 6.07) is 8.63. The van der Waals surface area contributed by atoms with Gasteiger partial charge in [-0.3, -0.25) is 4.79 Å². The van der Waals surface area contributed by atoms with Crippen molar-refractivity contribution in [2.45, 2.75) is 37.1 Å². The molecule has 2 aromatic carbocycles. The van der Waals surface area contributed by atoms with Crippen LogP contribution < -0.4 is 4.74 Å². The molecule has 0 aromatic heterocycles. The van der Waals surface area contributed by atoms with Gasteiger partial charge in [0.05, 0.1) is 7.11 Å². The molecule has 168 valence electrons. The SMILES string of the molecule is COc1ccc(C(=O)N(C)Cc2c(F)cccc2Cl)cc1S(=O)(=O)N1CCCCCC1. The third-order valence-corrected chi connectivity index (χ3v) is 7.67. The molecule has 1 aliphatic heterocycles. The predicted molar refractivity (Wildman–Crippen MR) is 117 cm³/mol. The first-order chi connectivity index (χ1) is 14.8. The first-order valence-electron chi connectivity index (χ1n) is 10.1. The molecule has 6 nitrogen and oxygen atoms in total.